The Morgan fingerprint density at radius 2 is 2.05 bits per heavy atom. The highest BCUT2D eigenvalue weighted by molar-refractivity contribution is 5.78. The van der Waals surface area contributed by atoms with Crippen LogP contribution in [0.3, 0.4) is 0 Å². The summed E-state index contributed by atoms with van der Waals surface area (Å²) in [7, 11) is 0. The van der Waals surface area contributed by atoms with Gasteiger partial charge in [-0.25, -0.2) is 0 Å². The molecule has 1 aromatic carbocycles. The number of carbonyl (C=O) groups excluding carboxylic acids is 2. The molecule has 0 spiro atoms. The lowest BCUT2D eigenvalue weighted by Gasteiger charge is -2.15. The summed E-state index contributed by atoms with van der Waals surface area (Å²) in [6.45, 7) is 2.78. The molecule has 120 valence electrons. The molecule has 1 N–H and O–H groups in total. The topological polar surface area (TPSA) is 58.6 Å². The summed E-state index contributed by atoms with van der Waals surface area (Å²) in [6.07, 6.45) is 3.62. The Morgan fingerprint density at radius 1 is 1.23 bits per heavy atom. The molecule has 5 heteroatoms. The smallest absolute Gasteiger partial charge is 0.222 e. The van der Waals surface area contributed by atoms with E-state index in [1.165, 1.54) is 0 Å². The molecule has 0 aliphatic carbocycles. The highest BCUT2D eigenvalue weighted by Crippen LogP contribution is 2.10. The number of nitrogens with zero attached hydrogens (tertiary/aromatic N) is 1. The van der Waals surface area contributed by atoms with Crippen molar-refractivity contribution in [2.75, 3.05) is 26.2 Å². The summed E-state index contributed by atoms with van der Waals surface area (Å²) in [5.74, 6) is 1.12. The molecule has 0 atom stereocenters. The van der Waals surface area contributed by atoms with Crippen LogP contribution in [0.2, 0.25) is 0 Å². The van der Waals surface area contributed by atoms with Crippen molar-refractivity contribution in [2.24, 2.45) is 0 Å². The quantitative estimate of drug-likeness (QED) is 0.710. The highest BCUT2D eigenvalue weighted by Gasteiger charge is 2.18. The van der Waals surface area contributed by atoms with Crippen LogP contribution in [0.4, 0.5) is 0 Å². The molecule has 5 nitrogen and oxygen atoms in total. The number of benzene rings is 1. The Balaban J connectivity index is 1.47. The lowest BCUT2D eigenvalue weighted by atomic mass is 10.3. The third-order valence-electron chi connectivity index (χ3n) is 3.66. The summed E-state index contributed by atoms with van der Waals surface area (Å²) >= 11 is 0. The fourth-order valence-corrected chi connectivity index (χ4v) is 2.47. The highest BCUT2D eigenvalue weighted by atomic mass is 16.5. The molecule has 1 heterocycles. The van der Waals surface area contributed by atoms with Gasteiger partial charge in [0.15, 0.2) is 0 Å². The van der Waals surface area contributed by atoms with Crippen LogP contribution < -0.4 is 10.1 Å². The molecule has 1 saturated heterocycles. The Morgan fingerprint density at radius 3 is 2.77 bits per heavy atom. The second-order valence-corrected chi connectivity index (χ2v) is 5.45. The van der Waals surface area contributed by atoms with Crippen LogP contribution in [-0.4, -0.2) is 43.0 Å². The van der Waals surface area contributed by atoms with Gasteiger partial charge in [-0.15, -0.1) is 0 Å². The van der Waals surface area contributed by atoms with Crippen molar-refractivity contribution in [1.82, 2.24) is 10.2 Å². The lowest BCUT2D eigenvalue weighted by Crippen LogP contribution is -2.30. The maximum Gasteiger partial charge on any atom is 0.222 e. The third-order valence-corrected chi connectivity index (χ3v) is 3.66. The zero-order valence-corrected chi connectivity index (χ0v) is 12.9. The van der Waals surface area contributed by atoms with E-state index in [4.69, 9.17) is 4.74 Å². The first-order valence-electron chi connectivity index (χ1n) is 7.98. The van der Waals surface area contributed by atoms with E-state index in [0.717, 1.165) is 31.7 Å². The van der Waals surface area contributed by atoms with Crippen LogP contribution in [0.15, 0.2) is 30.3 Å². The fraction of sp³-hybridized carbons (Fsp3) is 0.529. The molecule has 1 aliphatic rings. The first kappa shape index (κ1) is 16.3. The van der Waals surface area contributed by atoms with Gasteiger partial charge in [0.1, 0.15) is 5.75 Å². The first-order chi connectivity index (χ1) is 10.8. The Bertz CT molecular complexity index is 476. The van der Waals surface area contributed by atoms with E-state index < -0.39 is 0 Å². The summed E-state index contributed by atoms with van der Waals surface area (Å²) < 4.78 is 5.54. The second kappa shape index (κ2) is 9.07. The predicted octanol–water partition coefficient (Wildman–Crippen LogP) is 1.97. The monoisotopic (exact) mass is 304 g/mol. The molecular formula is C17H24N2O3. The van der Waals surface area contributed by atoms with Crippen molar-refractivity contribution in [2.45, 2.75) is 32.1 Å². The minimum atomic E-state index is 0.0458. The average molecular weight is 304 g/mol. The van der Waals surface area contributed by atoms with Crippen LogP contribution in [0, 0.1) is 0 Å². The van der Waals surface area contributed by atoms with Gasteiger partial charge in [0.25, 0.3) is 0 Å². The first-order valence-corrected chi connectivity index (χ1v) is 7.98. The van der Waals surface area contributed by atoms with Gasteiger partial charge >= 0.3 is 0 Å². The largest absolute Gasteiger partial charge is 0.494 e. The predicted molar refractivity (Wildman–Crippen MR) is 84.6 cm³/mol. The van der Waals surface area contributed by atoms with Crippen molar-refractivity contribution in [3.8, 4) is 5.75 Å². The molecule has 0 radical (unpaired) electrons. The maximum atomic E-state index is 11.7. The van der Waals surface area contributed by atoms with Gasteiger partial charge in [0.05, 0.1) is 6.61 Å². The van der Waals surface area contributed by atoms with Gasteiger partial charge in [-0.2, -0.15) is 0 Å². The molecule has 0 saturated carbocycles. The molecule has 1 aromatic rings. The zero-order chi connectivity index (χ0) is 15.6. The number of nitrogens with one attached hydrogen (secondary N) is 1. The van der Waals surface area contributed by atoms with Crippen molar-refractivity contribution < 1.29 is 14.3 Å². The van der Waals surface area contributed by atoms with Crippen molar-refractivity contribution >= 4 is 11.8 Å². The van der Waals surface area contributed by atoms with Crippen LogP contribution in [0.25, 0.3) is 0 Å². The van der Waals surface area contributed by atoms with Crippen LogP contribution >= 0.6 is 0 Å². The normalized spacial score (nSPS) is 14.2. The lowest BCUT2D eigenvalue weighted by molar-refractivity contribution is -0.127. The van der Waals surface area contributed by atoms with Gasteiger partial charge in [-0.05, 0) is 31.4 Å². The van der Waals surface area contributed by atoms with Gasteiger partial charge in [-0.1, -0.05) is 18.2 Å². The molecule has 2 rings (SSSR count). The summed E-state index contributed by atoms with van der Waals surface area (Å²) in [4.78, 5) is 25.0. The van der Waals surface area contributed by atoms with Gasteiger partial charge in [0, 0.05) is 32.5 Å². The molecular weight excluding hydrogens is 280 g/mol. The van der Waals surface area contributed by atoms with Gasteiger partial charge in [0.2, 0.25) is 11.8 Å². The van der Waals surface area contributed by atoms with E-state index in [9.17, 15) is 9.59 Å². The van der Waals surface area contributed by atoms with E-state index in [1.807, 2.05) is 35.2 Å². The number of hydrogen-bond donors (Lipinski definition) is 1. The number of para-hydroxylation sites is 1. The molecule has 0 unspecified atom stereocenters. The number of likely N-dealkylation sites (tertiary alicyclic amines) is 1. The number of carbonyl (C=O) groups is 2. The van der Waals surface area contributed by atoms with Crippen LogP contribution in [0.5, 0.6) is 5.75 Å². The standard InChI is InChI=1S/C17H24N2O3/c20-16(9-5-14-22-15-7-2-1-3-8-15)18-11-6-13-19-12-4-10-17(19)21/h1-3,7-8H,4-6,9-14H2,(H,18,20). The van der Waals surface area contributed by atoms with Crippen molar-refractivity contribution in [3.63, 3.8) is 0 Å². The van der Waals surface area contributed by atoms with Crippen LogP contribution in [0.1, 0.15) is 32.1 Å². The zero-order valence-electron chi connectivity index (χ0n) is 12.9. The molecule has 22 heavy (non-hydrogen) atoms. The maximum absolute atomic E-state index is 11.7. The minimum Gasteiger partial charge on any atom is -0.494 e. The summed E-state index contributed by atoms with van der Waals surface area (Å²) in [5, 5.41) is 2.89. The molecule has 1 fully saturated rings. The summed E-state index contributed by atoms with van der Waals surface area (Å²) in [6, 6.07) is 9.59. The molecule has 2 amide bonds. The second-order valence-electron chi connectivity index (χ2n) is 5.45. The minimum absolute atomic E-state index is 0.0458. The summed E-state index contributed by atoms with van der Waals surface area (Å²) in [5.41, 5.74) is 0. The van der Waals surface area contributed by atoms with E-state index in [-0.39, 0.29) is 11.8 Å². The fourth-order valence-electron chi connectivity index (χ4n) is 2.47. The average Bonchev–Trinajstić information content (AvgIpc) is 2.94. The van der Waals surface area contributed by atoms with E-state index >= 15 is 0 Å². The molecule has 0 bridgehead atoms. The van der Waals surface area contributed by atoms with E-state index in [2.05, 4.69) is 5.32 Å². The Kier molecular flexibility index (Phi) is 6.74. The van der Waals surface area contributed by atoms with Gasteiger partial charge < -0.3 is 15.0 Å². The SMILES string of the molecule is O=C(CCCOc1ccccc1)NCCCN1CCCC1=O. The van der Waals surface area contributed by atoms with E-state index in [0.29, 0.717) is 32.4 Å². The number of ether oxygens (including phenoxy) is 1. The molecule has 0 aromatic heterocycles. The number of rotatable bonds is 9. The van der Waals surface area contributed by atoms with Crippen LogP contribution in [-0.2, 0) is 9.59 Å². The Hall–Kier alpha value is -2.04. The van der Waals surface area contributed by atoms with Crippen molar-refractivity contribution in [1.29, 1.82) is 0 Å². The number of hydrogen-bond acceptors (Lipinski definition) is 3. The van der Waals surface area contributed by atoms with E-state index in [1.54, 1.807) is 0 Å². The number of amides is 2. The van der Waals surface area contributed by atoms with Gasteiger partial charge in [-0.3, -0.25) is 9.59 Å². The van der Waals surface area contributed by atoms with Crippen molar-refractivity contribution in [3.05, 3.63) is 30.3 Å². The Labute approximate surface area is 131 Å². The third kappa shape index (κ3) is 5.76. The molecule has 1 aliphatic heterocycles.